The molecule has 0 N–H and O–H groups in total. The molecule has 1 aliphatic rings. The van der Waals surface area contributed by atoms with E-state index in [0.717, 1.165) is 12.2 Å². The van der Waals surface area contributed by atoms with Crippen LogP contribution in [0.5, 0.6) is 0 Å². The molecule has 2 radical (unpaired) electrons. The number of hydrogen-bond acceptors (Lipinski definition) is 1. The van der Waals surface area contributed by atoms with Crippen molar-refractivity contribution in [3.05, 3.63) is 18.6 Å². The minimum atomic E-state index is -4.43. The molecule has 0 aliphatic heterocycles. The summed E-state index contributed by atoms with van der Waals surface area (Å²) in [6, 6.07) is 0. The predicted molar refractivity (Wildman–Crippen MR) is 31.6 cm³/mol. The summed E-state index contributed by atoms with van der Waals surface area (Å²) in [4.78, 5) is 10.6. The van der Waals surface area contributed by atoms with Crippen molar-refractivity contribution < 1.29 is 18.0 Å². The number of alkyl halides is 3. The molecule has 60 valence electrons. The Bertz CT molecular complexity index is 192. The number of allylic oxidation sites excluding steroid dienone is 2. The van der Waals surface area contributed by atoms with E-state index in [1.807, 2.05) is 0 Å². The minimum absolute atomic E-state index is 0.235. The van der Waals surface area contributed by atoms with Crippen molar-refractivity contribution in [1.82, 2.24) is 0 Å². The lowest BCUT2D eigenvalue weighted by Gasteiger charge is -2.17. The topological polar surface area (TPSA) is 17.1 Å². The molecule has 0 spiro atoms. The normalized spacial score (nSPS) is 25.7. The van der Waals surface area contributed by atoms with E-state index in [1.165, 1.54) is 0 Å². The zero-order valence-electron chi connectivity index (χ0n) is 5.48. The third-order valence-electron chi connectivity index (χ3n) is 1.38. The van der Waals surface area contributed by atoms with Gasteiger partial charge in [-0.15, -0.1) is 0 Å². The van der Waals surface area contributed by atoms with Crippen LogP contribution in [-0.4, -0.2) is 12.0 Å². The van der Waals surface area contributed by atoms with Gasteiger partial charge in [0, 0.05) is 12.8 Å². The van der Waals surface area contributed by atoms with Gasteiger partial charge < -0.3 is 0 Å². The standard InChI is InChI=1S/C7H5F3O/c8-7(9,10)5-3-1-2-4-6(5)11/h1,3,5H,4H2. The van der Waals surface area contributed by atoms with E-state index < -0.39 is 17.9 Å². The molecule has 0 aromatic carbocycles. The molecular formula is C7H5F3O. The molecule has 0 amide bonds. The Labute approximate surface area is 61.9 Å². The Hall–Kier alpha value is -0.800. The van der Waals surface area contributed by atoms with Crippen LogP contribution >= 0.6 is 0 Å². The van der Waals surface area contributed by atoms with Crippen molar-refractivity contribution >= 4 is 5.78 Å². The quantitative estimate of drug-likeness (QED) is 0.530. The Kier molecular flexibility index (Phi) is 2.02. The Morgan fingerprint density at radius 2 is 2.18 bits per heavy atom. The van der Waals surface area contributed by atoms with Gasteiger partial charge in [-0.25, -0.2) is 0 Å². The second-order valence-electron chi connectivity index (χ2n) is 2.23. The largest absolute Gasteiger partial charge is 0.401 e. The Morgan fingerprint density at radius 1 is 1.55 bits per heavy atom. The first-order chi connectivity index (χ1) is 5.02. The highest BCUT2D eigenvalue weighted by Crippen LogP contribution is 2.31. The number of ketones is 1. The smallest absolute Gasteiger partial charge is 0.299 e. The maximum atomic E-state index is 11.9. The molecule has 1 atom stereocenters. The third kappa shape index (κ3) is 1.82. The van der Waals surface area contributed by atoms with E-state index in [2.05, 4.69) is 6.42 Å². The molecule has 1 aliphatic carbocycles. The van der Waals surface area contributed by atoms with Crippen molar-refractivity contribution in [3.63, 3.8) is 0 Å². The summed E-state index contributed by atoms with van der Waals surface area (Å²) in [6.07, 6.45) is -0.286. The molecule has 0 saturated heterocycles. The van der Waals surface area contributed by atoms with Crippen LogP contribution in [0.25, 0.3) is 0 Å². The summed E-state index contributed by atoms with van der Waals surface area (Å²) >= 11 is 0. The van der Waals surface area contributed by atoms with E-state index in [9.17, 15) is 18.0 Å². The van der Waals surface area contributed by atoms with Gasteiger partial charge in [0.1, 0.15) is 11.7 Å². The molecule has 0 saturated carbocycles. The molecule has 1 unspecified atom stereocenters. The summed E-state index contributed by atoms with van der Waals surface area (Å²) in [5.41, 5.74) is 0. The lowest BCUT2D eigenvalue weighted by atomic mass is 9.94. The van der Waals surface area contributed by atoms with E-state index in [4.69, 9.17) is 0 Å². The highest BCUT2D eigenvalue weighted by atomic mass is 19.4. The summed E-state index contributed by atoms with van der Waals surface area (Å²) in [5.74, 6) is -2.75. The number of rotatable bonds is 0. The van der Waals surface area contributed by atoms with E-state index >= 15 is 0 Å². The van der Waals surface area contributed by atoms with Gasteiger partial charge in [-0.1, -0.05) is 12.2 Å². The SMILES string of the molecule is O=C1C[C]C=CC1C(F)(F)F. The van der Waals surface area contributed by atoms with Crippen LogP contribution in [0.3, 0.4) is 0 Å². The van der Waals surface area contributed by atoms with Gasteiger partial charge in [0.25, 0.3) is 0 Å². The van der Waals surface area contributed by atoms with Crippen LogP contribution in [0.4, 0.5) is 13.2 Å². The number of carbonyl (C=O) groups is 1. The predicted octanol–water partition coefficient (Wildman–Crippen LogP) is 1.78. The van der Waals surface area contributed by atoms with Crippen molar-refractivity contribution in [2.75, 3.05) is 0 Å². The van der Waals surface area contributed by atoms with Gasteiger partial charge in [-0.05, 0) is 0 Å². The summed E-state index contributed by atoms with van der Waals surface area (Å²) in [5, 5.41) is 0. The lowest BCUT2D eigenvalue weighted by Crippen LogP contribution is -2.30. The van der Waals surface area contributed by atoms with E-state index in [0.29, 0.717) is 0 Å². The maximum Gasteiger partial charge on any atom is 0.401 e. The molecule has 0 bridgehead atoms. The third-order valence-corrected chi connectivity index (χ3v) is 1.38. The van der Waals surface area contributed by atoms with Gasteiger partial charge >= 0.3 is 6.18 Å². The van der Waals surface area contributed by atoms with Crippen molar-refractivity contribution in [2.24, 2.45) is 5.92 Å². The first-order valence-electron chi connectivity index (χ1n) is 3.01. The van der Waals surface area contributed by atoms with Crippen molar-refractivity contribution in [1.29, 1.82) is 0 Å². The fraction of sp³-hybridized carbons (Fsp3) is 0.429. The molecule has 11 heavy (non-hydrogen) atoms. The Balaban J connectivity index is 2.77. The maximum absolute atomic E-state index is 11.9. The first kappa shape index (κ1) is 8.30. The van der Waals surface area contributed by atoms with E-state index in [-0.39, 0.29) is 6.42 Å². The van der Waals surface area contributed by atoms with Crippen LogP contribution in [0.2, 0.25) is 0 Å². The van der Waals surface area contributed by atoms with Gasteiger partial charge in [-0.2, -0.15) is 13.2 Å². The average Bonchev–Trinajstić information content (AvgIpc) is 1.86. The zero-order chi connectivity index (χ0) is 8.48. The van der Waals surface area contributed by atoms with Crippen LogP contribution in [0.15, 0.2) is 12.2 Å². The highest BCUT2D eigenvalue weighted by molar-refractivity contribution is 5.85. The van der Waals surface area contributed by atoms with Crippen LogP contribution in [0.1, 0.15) is 6.42 Å². The Morgan fingerprint density at radius 3 is 2.55 bits per heavy atom. The zero-order valence-corrected chi connectivity index (χ0v) is 5.48. The van der Waals surface area contributed by atoms with Gasteiger partial charge in [-0.3, -0.25) is 4.79 Å². The lowest BCUT2D eigenvalue weighted by molar-refractivity contribution is -0.171. The minimum Gasteiger partial charge on any atom is -0.299 e. The van der Waals surface area contributed by atoms with Gasteiger partial charge in [0.2, 0.25) is 0 Å². The molecule has 0 aromatic heterocycles. The molecule has 4 heteroatoms. The van der Waals surface area contributed by atoms with Gasteiger partial charge in [0.05, 0.1) is 0 Å². The fourth-order valence-corrected chi connectivity index (χ4v) is 0.833. The molecule has 1 rings (SSSR count). The van der Waals surface area contributed by atoms with Crippen LogP contribution < -0.4 is 0 Å². The second-order valence-corrected chi connectivity index (χ2v) is 2.23. The van der Waals surface area contributed by atoms with Gasteiger partial charge in [0.15, 0.2) is 0 Å². The average molecular weight is 162 g/mol. The van der Waals surface area contributed by atoms with Crippen LogP contribution in [0, 0.1) is 12.3 Å². The number of Topliss-reactive ketones (excluding diaryl/α,β-unsaturated/α-hetero) is 1. The second kappa shape index (κ2) is 2.68. The van der Waals surface area contributed by atoms with Crippen molar-refractivity contribution in [2.45, 2.75) is 12.6 Å². The number of halogens is 3. The molecule has 0 heterocycles. The number of carbonyl (C=O) groups excluding carboxylic acids is 1. The molecule has 0 aromatic rings. The highest BCUT2D eigenvalue weighted by Gasteiger charge is 2.43. The number of hydrogen-bond donors (Lipinski definition) is 0. The molecular weight excluding hydrogens is 157 g/mol. The molecule has 0 fully saturated rings. The summed E-state index contributed by atoms with van der Waals surface area (Å²) in [7, 11) is 0. The van der Waals surface area contributed by atoms with E-state index in [1.54, 1.807) is 0 Å². The fourth-order valence-electron chi connectivity index (χ4n) is 0.833. The monoisotopic (exact) mass is 162 g/mol. The summed E-state index contributed by atoms with van der Waals surface area (Å²) < 4.78 is 35.7. The van der Waals surface area contributed by atoms with Crippen LogP contribution in [-0.2, 0) is 4.79 Å². The summed E-state index contributed by atoms with van der Waals surface area (Å²) in [6.45, 7) is 0. The first-order valence-corrected chi connectivity index (χ1v) is 3.01. The molecule has 1 nitrogen and oxygen atoms in total. The van der Waals surface area contributed by atoms with Crippen molar-refractivity contribution in [3.8, 4) is 0 Å².